The van der Waals surface area contributed by atoms with Crippen molar-refractivity contribution in [3.63, 3.8) is 0 Å². The minimum atomic E-state index is -2.88. The second kappa shape index (κ2) is 5.98. The lowest BCUT2D eigenvalue weighted by Gasteiger charge is -2.16. The monoisotopic (exact) mass is 298 g/mol. The van der Waals surface area contributed by atoms with Gasteiger partial charge in [-0.3, -0.25) is 4.98 Å². The molecule has 6 heteroatoms. The van der Waals surface area contributed by atoms with Crippen molar-refractivity contribution in [1.82, 2.24) is 10.3 Å². The number of hydrogen-bond donors (Lipinski definition) is 1. The van der Waals surface area contributed by atoms with Crippen LogP contribution in [0.3, 0.4) is 0 Å². The molecule has 0 radical (unpaired) electrons. The lowest BCUT2D eigenvalue weighted by Crippen LogP contribution is -2.17. The first-order valence-corrected chi connectivity index (χ1v) is 9.12. The highest BCUT2D eigenvalue weighted by Gasteiger charge is 2.12. The van der Waals surface area contributed by atoms with E-state index in [1.165, 1.54) is 11.0 Å². The highest BCUT2D eigenvalue weighted by atomic mass is 32.2. The number of nitrogens with one attached hydrogen (secondary N) is 1. The number of rotatable bonds is 6. The average molecular weight is 298 g/mol. The smallest absolute Gasteiger partial charge is 0.147 e. The van der Waals surface area contributed by atoms with Gasteiger partial charge in [0.15, 0.2) is 0 Å². The van der Waals surface area contributed by atoms with Crippen molar-refractivity contribution in [2.75, 3.05) is 19.1 Å². The maximum absolute atomic E-state index is 11.1. The molecule has 0 fully saturated rings. The first kappa shape index (κ1) is 14.4. The molecule has 104 valence electrons. The largest absolute Gasteiger partial charge is 0.313 e. The summed E-state index contributed by atoms with van der Waals surface area (Å²) in [5.74, 6) is 0.236. The molecule has 4 nitrogen and oxygen atoms in total. The number of thiophene rings is 1. The molecular formula is C13H18N2O2S2. The normalized spacial score (nSPS) is 13.8. The number of sulfone groups is 1. The van der Waals surface area contributed by atoms with Gasteiger partial charge in [-0.05, 0) is 43.0 Å². The van der Waals surface area contributed by atoms with Crippen LogP contribution >= 0.6 is 11.3 Å². The summed E-state index contributed by atoms with van der Waals surface area (Å²) in [6.45, 7) is 0. The Kier molecular flexibility index (Phi) is 4.54. The van der Waals surface area contributed by atoms with E-state index in [0.717, 1.165) is 17.5 Å². The predicted octanol–water partition coefficient (Wildman–Crippen LogP) is 2.38. The Morgan fingerprint density at radius 2 is 2.26 bits per heavy atom. The SMILES string of the molecule is CNC(CCCS(C)(=O)=O)c1cnc2ccsc2c1. The highest BCUT2D eigenvalue weighted by Crippen LogP contribution is 2.24. The third kappa shape index (κ3) is 3.99. The van der Waals surface area contributed by atoms with Crippen LogP contribution in [-0.4, -0.2) is 32.5 Å². The summed E-state index contributed by atoms with van der Waals surface area (Å²) in [4.78, 5) is 4.42. The minimum absolute atomic E-state index is 0.153. The molecule has 1 atom stereocenters. The van der Waals surface area contributed by atoms with Crippen LogP contribution in [0.1, 0.15) is 24.4 Å². The van der Waals surface area contributed by atoms with Gasteiger partial charge in [-0.25, -0.2) is 8.42 Å². The average Bonchev–Trinajstić information content (AvgIpc) is 2.80. The summed E-state index contributed by atoms with van der Waals surface area (Å²) in [6.07, 6.45) is 4.60. The maximum atomic E-state index is 11.1. The molecule has 2 aromatic heterocycles. The first-order chi connectivity index (χ1) is 8.99. The number of fused-ring (bicyclic) bond motifs is 1. The topological polar surface area (TPSA) is 59.1 Å². The molecule has 2 rings (SSSR count). The minimum Gasteiger partial charge on any atom is -0.313 e. The van der Waals surface area contributed by atoms with Gasteiger partial charge in [-0.2, -0.15) is 0 Å². The third-order valence-electron chi connectivity index (χ3n) is 3.08. The van der Waals surface area contributed by atoms with Gasteiger partial charge in [-0.1, -0.05) is 0 Å². The number of pyridine rings is 1. The third-order valence-corrected chi connectivity index (χ3v) is 4.97. The van der Waals surface area contributed by atoms with E-state index in [9.17, 15) is 8.42 Å². The molecule has 0 aliphatic rings. The molecule has 0 spiro atoms. The van der Waals surface area contributed by atoms with Crippen molar-refractivity contribution in [2.45, 2.75) is 18.9 Å². The molecule has 0 saturated heterocycles. The summed E-state index contributed by atoms with van der Waals surface area (Å²) in [5.41, 5.74) is 2.13. The van der Waals surface area contributed by atoms with Crippen molar-refractivity contribution in [2.24, 2.45) is 0 Å². The van der Waals surface area contributed by atoms with Gasteiger partial charge in [0, 0.05) is 24.2 Å². The van der Waals surface area contributed by atoms with E-state index in [4.69, 9.17) is 0 Å². The molecule has 2 heterocycles. The molecule has 1 N–H and O–H groups in total. The second-order valence-corrected chi connectivity index (χ2v) is 7.89. The van der Waals surface area contributed by atoms with Crippen LogP contribution in [0.4, 0.5) is 0 Å². The quantitative estimate of drug-likeness (QED) is 0.889. The zero-order chi connectivity index (χ0) is 13.9. The molecule has 0 saturated carbocycles. The van der Waals surface area contributed by atoms with Gasteiger partial charge in [0.05, 0.1) is 10.2 Å². The molecule has 19 heavy (non-hydrogen) atoms. The van der Waals surface area contributed by atoms with Crippen LogP contribution < -0.4 is 5.32 Å². The fourth-order valence-electron chi connectivity index (χ4n) is 2.08. The summed E-state index contributed by atoms with van der Waals surface area (Å²) < 4.78 is 23.5. The lowest BCUT2D eigenvalue weighted by atomic mass is 10.0. The van der Waals surface area contributed by atoms with Gasteiger partial charge in [0.1, 0.15) is 9.84 Å². The van der Waals surface area contributed by atoms with Gasteiger partial charge in [-0.15, -0.1) is 11.3 Å². The van der Waals surface area contributed by atoms with Crippen LogP contribution in [0.15, 0.2) is 23.7 Å². The molecule has 0 aliphatic heterocycles. The van der Waals surface area contributed by atoms with Crippen molar-refractivity contribution in [3.8, 4) is 0 Å². The van der Waals surface area contributed by atoms with Crippen LogP contribution in [0.2, 0.25) is 0 Å². The number of hydrogen-bond acceptors (Lipinski definition) is 5. The predicted molar refractivity (Wildman–Crippen MR) is 80.4 cm³/mol. The lowest BCUT2D eigenvalue weighted by molar-refractivity contribution is 0.535. The van der Waals surface area contributed by atoms with Crippen molar-refractivity contribution in [1.29, 1.82) is 0 Å². The van der Waals surface area contributed by atoms with Crippen molar-refractivity contribution < 1.29 is 8.42 Å². The van der Waals surface area contributed by atoms with E-state index in [1.807, 2.05) is 24.7 Å². The Morgan fingerprint density at radius 3 is 2.95 bits per heavy atom. The van der Waals surface area contributed by atoms with Crippen LogP contribution in [-0.2, 0) is 9.84 Å². The van der Waals surface area contributed by atoms with Crippen molar-refractivity contribution >= 4 is 31.4 Å². The first-order valence-electron chi connectivity index (χ1n) is 6.18. The fourth-order valence-corrected chi connectivity index (χ4v) is 3.56. The summed E-state index contributed by atoms with van der Waals surface area (Å²) in [6, 6.07) is 4.29. The van der Waals surface area contributed by atoms with E-state index in [0.29, 0.717) is 6.42 Å². The summed E-state index contributed by atoms with van der Waals surface area (Å²) in [5, 5.41) is 5.26. The molecular weight excluding hydrogens is 280 g/mol. The van der Waals surface area contributed by atoms with E-state index < -0.39 is 9.84 Å². The van der Waals surface area contributed by atoms with E-state index in [-0.39, 0.29) is 11.8 Å². The molecule has 0 bridgehead atoms. The van der Waals surface area contributed by atoms with E-state index in [1.54, 1.807) is 11.3 Å². The molecule has 2 aromatic rings. The molecule has 0 aliphatic carbocycles. The molecule has 0 amide bonds. The summed E-state index contributed by atoms with van der Waals surface area (Å²) >= 11 is 1.67. The maximum Gasteiger partial charge on any atom is 0.147 e. The fraction of sp³-hybridized carbons (Fsp3) is 0.462. The molecule has 1 unspecified atom stereocenters. The van der Waals surface area contributed by atoms with Crippen LogP contribution in [0.25, 0.3) is 10.2 Å². The number of aromatic nitrogens is 1. The second-order valence-electron chi connectivity index (χ2n) is 4.69. The Bertz CT molecular complexity index is 649. The Morgan fingerprint density at radius 1 is 1.47 bits per heavy atom. The zero-order valence-electron chi connectivity index (χ0n) is 11.1. The van der Waals surface area contributed by atoms with E-state index in [2.05, 4.69) is 16.4 Å². The molecule has 0 aromatic carbocycles. The standard InChI is InChI=1S/C13H18N2O2S2/c1-14-11(4-3-7-19(2,16)17)10-8-13-12(15-9-10)5-6-18-13/h5-6,8-9,11,14H,3-4,7H2,1-2H3. The number of nitrogens with zero attached hydrogens (tertiary/aromatic N) is 1. The van der Waals surface area contributed by atoms with Gasteiger partial charge < -0.3 is 5.32 Å². The van der Waals surface area contributed by atoms with Gasteiger partial charge in [0.25, 0.3) is 0 Å². The summed E-state index contributed by atoms with van der Waals surface area (Å²) in [7, 11) is -0.985. The highest BCUT2D eigenvalue weighted by molar-refractivity contribution is 7.90. The van der Waals surface area contributed by atoms with Crippen molar-refractivity contribution in [3.05, 3.63) is 29.3 Å². The Labute approximate surface area is 117 Å². The Balaban J connectivity index is 2.08. The van der Waals surface area contributed by atoms with Crippen LogP contribution in [0, 0.1) is 0 Å². The van der Waals surface area contributed by atoms with E-state index >= 15 is 0 Å². The van der Waals surface area contributed by atoms with Gasteiger partial charge >= 0.3 is 0 Å². The zero-order valence-corrected chi connectivity index (χ0v) is 12.7. The Hall–Kier alpha value is -0.980. The van der Waals surface area contributed by atoms with Crippen LogP contribution in [0.5, 0.6) is 0 Å². The van der Waals surface area contributed by atoms with Gasteiger partial charge in [0.2, 0.25) is 0 Å².